The van der Waals surface area contributed by atoms with Crippen LogP contribution in [-0.2, 0) is 13.2 Å². The second kappa shape index (κ2) is 9.96. The molecule has 0 unspecified atom stereocenters. The highest BCUT2D eigenvalue weighted by atomic mass is 16.5. The van der Waals surface area contributed by atoms with Crippen LogP contribution in [0.25, 0.3) is 0 Å². The molecule has 174 valence electrons. The fourth-order valence-corrected chi connectivity index (χ4v) is 3.99. The van der Waals surface area contributed by atoms with Crippen molar-refractivity contribution in [1.82, 2.24) is 9.78 Å². The number of hydrogen-bond acceptors (Lipinski definition) is 3. The molecule has 1 heterocycles. The SMILES string of the molecule is Cc1ccc(C)c(OCc2cccc(C(=O)Nc3c(C)nn(Cc4ccccc4C)c3C)c2)c1. The van der Waals surface area contributed by atoms with Gasteiger partial charge in [-0.25, -0.2) is 0 Å². The summed E-state index contributed by atoms with van der Waals surface area (Å²) in [7, 11) is 0. The number of rotatable bonds is 7. The zero-order chi connectivity index (χ0) is 24.2. The lowest BCUT2D eigenvalue weighted by Gasteiger charge is -2.11. The Bertz CT molecular complexity index is 1340. The minimum absolute atomic E-state index is 0.157. The molecule has 3 aromatic carbocycles. The first-order chi connectivity index (χ1) is 16.3. The number of nitrogens with zero attached hydrogens (tertiary/aromatic N) is 2. The summed E-state index contributed by atoms with van der Waals surface area (Å²) >= 11 is 0. The van der Waals surface area contributed by atoms with Gasteiger partial charge in [0.1, 0.15) is 12.4 Å². The van der Waals surface area contributed by atoms with E-state index in [4.69, 9.17) is 4.74 Å². The van der Waals surface area contributed by atoms with E-state index in [0.717, 1.165) is 39.5 Å². The van der Waals surface area contributed by atoms with Gasteiger partial charge in [0.2, 0.25) is 0 Å². The Morgan fingerprint density at radius 3 is 2.50 bits per heavy atom. The van der Waals surface area contributed by atoms with Gasteiger partial charge in [-0.3, -0.25) is 9.48 Å². The molecule has 0 saturated carbocycles. The Morgan fingerprint density at radius 1 is 0.912 bits per heavy atom. The largest absolute Gasteiger partial charge is 0.489 e. The summed E-state index contributed by atoms with van der Waals surface area (Å²) in [5.41, 5.74) is 8.70. The Hall–Kier alpha value is -3.86. The summed E-state index contributed by atoms with van der Waals surface area (Å²) in [6.45, 7) is 11.2. The Kier molecular flexibility index (Phi) is 6.82. The van der Waals surface area contributed by atoms with Crippen LogP contribution < -0.4 is 10.1 Å². The summed E-state index contributed by atoms with van der Waals surface area (Å²) in [5, 5.41) is 7.74. The number of hydrogen-bond donors (Lipinski definition) is 1. The van der Waals surface area contributed by atoms with Gasteiger partial charge in [0.25, 0.3) is 5.91 Å². The van der Waals surface area contributed by atoms with Crippen LogP contribution in [0.2, 0.25) is 0 Å². The highest BCUT2D eigenvalue weighted by Gasteiger charge is 2.16. The van der Waals surface area contributed by atoms with E-state index in [1.807, 2.05) is 74.8 Å². The van der Waals surface area contributed by atoms with Crippen LogP contribution in [0.3, 0.4) is 0 Å². The smallest absolute Gasteiger partial charge is 0.255 e. The summed E-state index contributed by atoms with van der Waals surface area (Å²) in [6.07, 6.45) is 0. The molecule has 4 aromatic rings. The van der Waals surface area contributed by atoms with Crippen LogP contribution in [-0.4, -0.2) is 15.7 Å². The number of anilines is 1. The number of aromatic nitrogens is 2. The second-order valence-corrected chi connectivity index (χ2v) is 8.84. The molecule has 1 amide bonds. The summed E-state index contributed by atoms with van der Waals surface area (Å²) < 4.78 is 7.97. The van der Waals surface area contributed by atoms with Crippen LogP contribution in [0.4, 0.5) is 5.69 Å². The third-order valence-electron chi connectivity index (χ3n) is 6.13. The number of amides is 1. The Labute approximate surface area is 201 Å². The van der Waals surface area contributed by atoms with E-state index in [1.165, 1.54) is 11.1 Å². The van der Waals surface area contributed by atoms with E-state index in [2.05, 4.69) is 41.6 Å². The third kappa shape index (κ3) is 5.20. The van der Waals surface area contributed by atoms with E-state index >= 15 is 0 Å². The summed E-state index contributed by atoms with van der Waals surface area (Å²) in [5.74, 6) is 0.706. The van der Waals surface area contributed by atoms with Crippen LogP contribution in [0, 0.1) is 34.6 Å². The van der Waals surface area contributed by atoms with Crippen molar-refractivity contribution in [2.24, 2.45) is 0 Å². The van der Waals surface area contributed by atoms with Crippen molar-refractivity contribution >= 4 is 11.6 Å². The highest BCUT2D eigenvalue weighted by Crippen LogP contribution is 2.23. The lowest BCUT2D eigenvalue weighted by molar-refractivity contribution is 0.102. The average molecular weight is 454 g/mol. The molecule has 5 heteroatoms. The number of carbonyl (C=O) groups excluding carboxylic acids is 1. The highest BCUT2D eigenvalue weighted by molar-refractivity contribution is 6.05. The molecule has 5 nitrogen and oxygen atoms in total. The molecule has 0 aliphatic rings. The molecule has 4 rings (SSSR count). The van der Waals surface area contributed by atoms with Crippen LogP contribution in [0.5, 0.6) is 5.75 Å². The maximum absolute atomic E-state index is 13.1. The first kappa shape index (κ1) is 23.3. The molecule has 0 aliphatic heterocycles. The Morgan fingerprint density at radius 2 is 1.71 bits per heavy atom. The van der Waals surface area contributed by atoms with E-state index in [9.17, 15) is 4.79 Å². The topological polar surface area (TPSA) is 56.1 Å². The third-order valence-corrected chi connectivity index (χ3v) is 6.13. The minimum Gasteiger partial charge on any atom is -0.489 e. The first-order valence-corrected chi connectivity index (χ1v) is 11.5. The van der Waals surface area contributed by atoms with Crippen LogP contribution >= 0.6 is 0 Å². The lowest BCUT2D eigenvalue weighted by atomic mass is 10.1. The molecule has 0 radical (unpaired) electrons. The predicted molar refractivity (Wildman–Crippen MR) is 137 cm³/mol. The van der Waals surface area contributed by atoms with Gasteiger partial charge in [0, 0.05) is 5.56 Å². The number of ether oxygens (including phenoxy) is 1. The minimum atomic E-state index is -0.157. The normalized spacial score (nSPS) is 10.9. The molecule has 34 heavy (non-hydrogen) atoms. The molecular weight excluding hydrogens is 422 g/mol. The molecule has 0 fully saturated rings. The van der Waals surface area contributed by atoms with Gasteiger partial charge < -0.3 is 10.1 Å². The lowest BCUT2D eigenvalue weighted by Crippen LogP contribution is -2.14. The van der Waals surface area contributed by atoms with Crippen molar-refractivity contribution < 1.29 is 9.53 Å². The van der Waals surface area contributed by atoms with Crippen molar-refractivity contribution in [3.8, 4) is 5.75 Å². The maximum Gasteiger partial charge on any atom is 0.255 e. The van der Waals surface area contributed by atoms with Crippen LogP contribution in [0.1, 0.15) is 49.6 Å². The van der Waals surface area contributed by atoms with Gasteiger partial charge in [0.05, 0.1) is 23.6 Å². The molecule has 0 aliphatic carbocycles. The van der Waals surface area contributed by atoms with Crippen molar-refractivity contribution in [3.05, 3.63) is 111 Å². The van der Waals surface area contributed by atoms with Gasteiger partial charge in [0.15, 0.2) is 0 Å². The van der Waals surface area contributed by atoms with Crippen molar-refractivity contribution in [2.75, 3.05) is 5.32 Å². The molecule has 0 spiro atoms. The van der Waals surface area contributed by atoms with E-state index in [1.54, 1.807) is 0 Å². The second-order valence-electron chi connectivity index (χ2n) is 8.84. The number of aryl methyl sites for hydroxylation is 4. The molecule has 1 aromatic heterocycles. The van der Waals surface area contributed by atoms with E-state index in [-0.39, 0.29) is 5.91 Å². The molecule has 0 bridgehead atoms. The van der Waals surface area contributed by atoms with Crippen LogP contribution in [0.15, 0.2) is 66.7 Å². The fraction of sp³-hybridized carbons (Fsp3) is 0.241. The summed E-state index contributed by atoms with van der Waals surface area (Å²) in [6, 6.07) is 22.0. The Balaban J connectivity index is 1.47. The number of nitrogens with one attached hydrogen (secondary N) is 1. The van der Waals surface area contributed by atoms with Crippen molar-refractivity contribution in [3.63, 3.8) is 0 Å². The first-order valence-electron chi connectivity index (χ1n) is 11.5. The fourth-order valence-electron chi connectivity index (χ4n) is 3.99. The van der Waals surface area contributed by atoms with Gasteiger partial charge in [-0.1, -0.05) is 48.5 Å². The van der Waals surface area contributed by atoms with Gasteiger partial charge in [-0.2, -0.15) is 5.10 Å². The quantitative estimate of drug-likeness (QED) is 0.357. The number of carbonyl (C=O) groups is 1. The zero-order valence-electron chi connectivity index (χ0n) is 20.5. The molecule has 0 saturated heterocycles. The average Bonchev–Trinajstić information content (AvgIpc) is 3.08. The van der Waals surface area contributed by atoms with E-state index < -0.39 is 0 Å². The monoisotopic (exact) mass is 453 g/mol. The standard InChI is InChI=1S/C29H31N3O2/c1-19-13-14-21(3)27(15-19)34-18-24-10-8-12-25(16-24)29(33)30-28-22(4)31-32(23(28)5)17-26-11-7-6-9-20(26)2/h6-16H,17-18H2,1-5H3,(H,30,33). The van der Waals surface area contributed by atoms with Gasteiger partial charge in [-0.05, 0) is 80.6 Å². The molecular formula is C29H31N3O2. The van der Waals surface area contributed by atoms with Gasteiger partial charge >= 0.3 is 0 Å². The molecule has 1 N–H and O–H groups in total. The van der Waals surface area contributed by atoms with Crippen molar-refractivity contribution in [1.29, 1.82) is 0 Å². The molecule has 0 atom stereocenters. The summed E-state index contributed by atoms with van der Waals surface area (Å²) in [4.78, 5) is 13.1. The predicted octanol–water partition coefficient (Wildman–Crippen LogP) is 6.30. The van der Waals surface area contributed by atoms with E-state index in [0.29, 0.717) is 18.7 Å². The number of benzene rings is 3. The maximum atomic E-state index is 13.1. The zero-order valence-corrected chi connectivity index (χ0v) is 20.5. The van der Waals surface area contributed by atoms with Gasteiger partial charge in [-0.15, -0.1) is 0 Å². The van der Waals surface area contributed by atoms with Crippen molar-refractivity contribution in [2.45, 2.75) is 47.8 Å².